The molecule has 0 unspecified atom stereocenters. The normalized spacial score (nSPS) is 15.5. The molecule has 1 fully saturated rings. The summed E-state index contributed by atoms with van der Waals surface area (Å²) in [7, 11) is 0. The highest BCUT2D eigenvalue weighted by molar-refractivity contribution is 7.18. The van der Waals surface area contributed by atoms with E-state index in [9.17, 15) is 18.0 Å². The van der Waals surface area contributed by atoms with Gasteiger partial charge in [0.15, 0.2) is 5.13 Å². The van der Waals surface area contributed by atoms with Crippen LogP contribution in [0.4, 0.5) is 24.1 Å². The number of amides is 1. The van der Waals surface area contributed by atoms with Crippen LogP contribution in [0.5, 0.6) is 0 Å². The number of thiazole rings is 1. The van der Waals surface area contributed by atoms with Crippen LogP contribution in [0.2, 0.25) is 0 Å². The molecule has 2 rings (SSSR count). The van der Waals surface area contributed by atoms with Gasteiger partial charge in [-0.2, -0.15) is 13.2 Å². The number of nitrogens with zero attached hydrogens (tertiary/aromatic N) is 1. The van der Waals surface area contributed by atoms with Crippen molar-refractivity contribution in [2.75, 3.05) is 17.6 Å². The lowest BCUT2D eigenvalue weighted by Gasteiger charge is -2.06. The first kappa shape index (κ1) is 12.9. The molecule has 0 spiro atoms. The Morgan fingerprint density at radius 1 is 1.50 bits per heavy atom. The largest absolute Gasteiger partial charge is 0.405 e. The molecule has 0 aromatic carbocycles. The molecule has 4 N–H and O–H groups in total. The van der Waals surface area contributed by atoms with E-state index in [0.29, 0.717) is 11.2 Å². The number of rotatable bonds is 4. The molecule has 1 amide bonds. The van der Waals surface area contributed by atoms with Gasteiger partial charge in [0.2, 0.25) is 0 Å². The summed E-state index contributed by atoms with van der Waals surface area (Å²) >= 11 is 0.960. The number of aromatic nitrogens is 1. The maximum Gasteiger partial charge on any atom is 0.405 e. The standard InChI is InChI=1S/C9H11F3N4OS/c10-9(11,12)3-14-7(17)5-6(13)16-8(18-5)15-4-1-2-4/h4H,1-3,13H2,(H,14,17)(H,15,16). The number of nitrogens with one attached hydrogen (secondary N) is 2. The summed E-state index contributed by atoms with van der Waals surface area (Å²) in [5, 5.41) is 5.26. The van der Waals surface area contributed by atoms with Gasteiger partial charge in [0.05, 0.1) is 0 Å². The monoisotopic (exact) mass is 280 g/mol. The third-order valence-electron chi connectivity index (χ3n) is 2.21. The van der Waals surface area contributed by atoms with Crippen LogP contribution in [0.1, 0.15) is 22.5 Å². The van der Waals surface area contributed by atoms with Gasteiger partial charge in [-0.25, -0.2) is 4.98 Å². The summed E-state index contributed by atoms with van der Waals surface area (Å²) < 4.78 is 35.8. The Morgan fingerprint density at radius 2 is 2.17 bits per heavy atom. The number of nitrogen functional groups attached to an aromatic ring is 1. The SMILES string of the molecule is Nc1nc(NC2CC2)sc1C(=O)NCC(F)(F)F. The van der Waals surface area contributed by atoms with Gasteiger partial charge in [-0.05, 0) is 12.8 Å². The highest BCUT2D eigenvalue weighted by Crippen LogP contribution is 2.30. The number of hydrogen-bond donors (Lipinski definition) is 3. The van der Waals surface area contributed by atoms with Crippen molar-refractivity contribution in [2.24, 2.45) is 0 Å². The van der Waals surface area contributed by atoms with E-state index in [1.54, 1.807) is 5.32 Å². The maximum atomic E-state index is 11.9. The summed E-state index contributed by atoms with van der Waals surface area (Å²) in [6.07, 6.45) is -2.39. The number of halogens is 3. The second-order valence-corrected chi connectivity index (χ2v) is 4.95. The van der Waals surface area contributed by atoms with Crippen LogP contribution in [0.15, 0.2) is 0 Å². The van der Waals surface area contributed by atoms with E-state index < -0.39 is 18.6 Å². The van der Waals surface area contributed by atoms with Gasteiger partial charge < -0.3 is 16.4 Å². The van der Waals surface area contributed by atoms with Crippen molar-refractivity contribution >= 4 is 28.2 Å². The number of anilines is 2. The van der Waals surface area contributed by atoms with E-state index in [0.717, 1.165) is 24.2 Å². The first-order chi connectivity index (χ1) is 8.35. The van der Waals surface area contributed by atoms with Crippen molar-refractivity contribution in [1.29, 1.82) is 0 Å². The summed E-state index contributed by atoms with van der Waals surface area (Å²) in [5.41, 5.74) is 5.49. The summed E-state index contributed by atoms with van der Waals surface area (Å²) in [5.74, 6) is -0.908. The van der Waals surface area contributed by atoms with Crippen molar-refractivity contribution in [1.82, 2.24) is 10.3 Å². The summed E-state index contributed by atoms with van der Waals surface area (Å²) in [6.45, 7) is -1.38. The fourth-order valence-electron chi connectivity index (χ4n) is 1.22. The van der Waals surface area contributed by atoms with Crippen LogP contribution >= 0.6 is 11.3 Å². The molecule has 0 atom stereocenters. The minimum atomic E-state index is -4.44. The van der Waals surface area contributed by atoms with Crippen molar-refractivity contribution < 1.29 is 18.0 Å². The lowest BCUT2D eigenvalue weighted by Crippen LogP contribution is -2.33. The number of nitrogens with two attached hydrogens (primary N) is 1. The number of alkyl halides is 3. The molecular weight excluding hydrogens is 269 g/mol. The van der Waals surface area contributed by atoms with Gasteiger partial charge in [0.25, 0.3) is 5.91 Å². The molecule has 1 aromatic rings. The van der Waals surface area contributed by atoms with Gasteiger partial charge in [-0.1, -0.05) is 11.3 Å². The van der Waals surface area contributed by atoms with Gasteiger partial charge in [-0.15, -0.1) is 0 Å². The quantitative estimate of drug-likeness (QED) is 0.782. The number of carbonyl (C=O) groups excluding carboxylic acids is 1. The van der Waals surface area contributed by atoms with Crippen LogP contribution < -0.4 is 16.4 Å². The average Bonchev–Trinajstić information content (AvgIpc) is 2.97. The lowest BCUT2D eigenvalue weighted by atomic mass is 10.4. The molecule has 0 aliphatic heterocycles. The fraction of sp³-hybridized carbons (Fsp3) is 0.556. The molecule has 5 nitrogen and oxygen atoms in total. The summed E-state index contributed by atoms with van der Waals surface area (Å²) in [6, 6.07) is 0.335. The summed E-state index contributed by atoms with van der Waals surface area (Å²) in [4.78, 5) is 15.4. The third-order valence-corrected chi connectivity index (χ3v) is 3.22. The highest BCUT2D eigenvalue weighted by Gasteiger charge is 2.29. The number of hydrogen-bond acceptors (Lipinski definition) is 5. The molecule has 1 saturated carbocycles. The van der Waals surface area contributed by atoms with Crippen molar-refractivity contribution in [3.05, 3.63) is 4.88 Å². The van der Waals surface area contributed by atoms with E-state index in [4.69, 9.17) is 5.73 Å². The zero-order valence-electron chi connectivity index (χ0n) is 9.17. The van der Waals surface area contributed by atoms with Crippen LogP contribution in [0.3, 0.4) is 0 Å². The molecule has 1 aliphatic carbocycles. The molecule has 0 saturated heterocycles. The van der Waals surface area contributed by atoms with Crippen LogP contribution in [0, 0.1) is 0 Å². The van der Waals surface area contributed by atoms with E-state index in [1.807, 2.05) is 0 Å². The lowest BCUT2D eigenvalue weighted by molar-refractivity contribution is -0.123. The fourth-order valence-corrected chi connectivity index (χ4v) is 2.10. The van der Waals surface area contributed by atoms with Crippen molar-refractivity contribution in [3.63, 3.8) is 0 Å². The molecule has 0 bridgehead atoms. The Balaban J connectivity index is 1.98. The molecule has 1 heterocycles. The second-order valence-electron chi connectivity index (χ2n) is 3.95. The average molecular weight is 280 g/mol. The Hall–Kier alpha value is -1.51. The maximum absolute atomic E-state index is 11.9. The van der Waals surface area contributed by atoms with Gasteiger partial charge >= 0.3 is 6.18 Å². The molecule has 100 valence electrons. The topological polar surface area (TPSA) is 80.0 Å². The van der Waals surface area contributed by atoms with Crippen molar-refractivity contribution in [3.8, 4) is 0 Å². The number of carbonyl (C=O) groups is 1. The molecule has 0 radical (unpaired) electrons. The molecule has 9 heteroatoms. The van der Waals surface area contributed by atoms with Crippen LogP contribution in [-0.4, -0.2) is 29.7 Å². The second kappa shape index (κ2) is 4.63. The first-order valence-electron chi connectivity index (χ1n) is 5.23. The van der Waals surface area contributed by atoms with Gasteiger partial charge in [0, 0.05) is 6.04 Å². The van der Waals surface area contributed by atoms with Crippen molar-refractivity contribution in [2.45, 2.75) is 25.1 Å². The van der Waals surface area contributed by atoms with E-state index in [2.05, 4.69) is 10.3 Å². The zero-order valence-corrected chi connectivity index (χ0v) is 9.99. The Kier molecular flexibility index (Phi) is 3.33. The third kappa shape index (κ3) is 3.49. The van der Waals surface area contributed by atoms with E-state index in [1.165, 1.54) is 0 Å². The minimum absolute atomic E-state index is 0.00222. The van der Waals surface area contributed by atoms with Gasteiger partial charge in [0.1, 0.15) is 17.2 Å². The smallest absolute Gasteiger partial charge is 0.382 e. The zero-order chi connectivity index (χ0) is 13.3. The molecule has 1 aromatic heterocycles. The van der Waals surface area contributed by atoms with Crippen LogP contribution in [0.25, 0.3) is 0 Å². The Bertz CT molecular complexity index is 455. The van der Waals surface area contributed by atoms with E-state index in [-0.39, 0.29) is 10.7 Å². The first-order valence-corrected chi connectivity index (χ1v) is 6.04. The Morgan fingerprint density at radius 3 is 2.72 bits per heavy atom. The predicted octanol–water partition coefficient (Wildman–Crippen LogP) is 1.59. The predicted molar refractivity (Wildman–Crippen MR) is 61.6 cm³/mol. The highest BCUT2D eigenvalue weighted by atomic mass is 32.1. The van der Waals surface area contributed by atoms with E-state index >= 15 is 0 Å². The Labute approximate surface area is 105 Å². The minimum Gasteiger partial charge on any atom is -0.382 e. The van der Waals surface area contributed by atoms with Gasteiger partial charge in [-0.3, -0.25) is 4.79 Å². The van der Waals surface area contributed by atoms with Crippen LogP contribution in [-0.2, 0) is 0 Å². The molecule has 1 aliphatic rings. The molecular formula is C9H11F3N4OS. The molecule has 18 heavy (non-hydrogen) atoms.